The molecule has 1 unspecified atom stereocenters. The van der Waals surface area contributed by atoms with Crippen molar-refractivity contribution in [3.05, 3.63) is 44.8 Å². The van der Waals surface area contributed by atoms with Crippen LogP contribution in [-0.4, -0.2) is 0 Å². The minimum Gasteiger partial charge on any atom is -0.324 e. The Morgan fingerprint density at radius 3 is 2.62 bits per heavy atom. The standard InChI is InChI=1S/C12H11BrFNS/c1-7(15)9-3-2-8(14)4-10(9)11-5-16-6-12(11)13/h2-7H,15H2,1H3. The molecule has 0 fully saturated rings. The van der Waals surface area contributed by atoms with Gasteiger partial charge in [-0.25, -0.2) is 4.39 Å². The van der Waals surface area contributed by atoms with Gasteiger partial charge in [0.25, 0.3) is 0 Å². The maximum atomic E-state index is 13.3. The quantitative estimate of drug-likeness (QED) is 0.877. The van der Waals surface area contributed by atoms with Crippen LogP contribution in [0, 0.1) is 5.82 Å². The fraction of sp³-hybridized carbons (Fsp3) is 0.167. The summed E-state index contributed by atoms with van der Waals surface area (Å²) in [5.74, 6) is -0.238. The Morgan fingerprint density at radius 1 is 1.31 bits per heavy atom. The van der Waals surface area contributed by atoms with E-state index < -0.39 is 0 Å². The van der Waals surface area contributed by atoms with Crippen LogP contribution in [0.25, 0.3) is 11.1 Å². The Labute approximate surface area is 106 Å². The summed E-state index contributed by atoms with van der Waals surface area (Å²) in [4.78, 5) is 0. The van der Waals surface area contributed by atoms with Crippen molar-refractivity contribution in [3.8, 4) is 11.1 Å². The second kappa shape index (κ2) is 4.65. The van der Waals surface area contributed by atoms with Gasteiger partial charge in [0.15, 0.2) is 0 Å². The SMILES string of the molecule is CC(N)c1ccc(F)cc1-c1cscc1Br. The molecular formula is C12H11BrFNS. The molecule has 1 nitrogen and oxygen atoms in total. The van der Waals surface area contributed by atoms with Gasteiger partial charge in [0.2, 0.25) is 0 Å². The second-order valence-corrected chi connectivity index (χ2v) is 5.25. The van der Waals surface area contributed by atoms with Crippen molar-refractivity contribution < 1.29 is 4.39 Å². The van der Waals surface area contributed by atoms with Crippen LogP contribution in [0.5, 0.6) is 0 Å². The molecule has 0 amide bonds. The minimum atomic E-state index is -0.238. The molecular weight excluding hydrogens is 289 g/mol. The molecule has 0 bridgehead atoms. The third-order valence-electron chi connectivity index (χ3n) is 2.41. The van der Waals surface area contributed by atoms with Gasteiger partial charge in [-0.3, -0.25) is 0 Å². The van der Waals surface area contributed by atoms with E-state index in [0.717, 1.165) is 21.2 Å². The zero-order chi connectivity index (χ0) is 11.7. The Balaban J connectivity index is 2.63. The van der Waals surface area contributed by atoms with Crippen LogP contribution >= 0.6 is 27.3 Å². The number of nitrogens with two attached hydrogens (primary N) is 1. The van der Waals surface area contributed by atoms with Gasteiger partial charge in [0.05, 0.1) is 0 Å². The number of hydrogen-bond donors (Lipinski definition) is 1. The van der Waals surface area contributed by atoms with Gasteiger partial charge < -0.3 is 5.73 Å². The summed E-state index contributed by atoms with van der Waals surface area (Å²) in [6, 6.07) is 4.62. The van der Waals surface area contributed by atoms with Crippen molar-refractivity contribution in [1.29, 1.82) is 0 Å². The van der Waals surface area contributed by atoms with Crippen molar-refractivity contribution in [2.45, 2.75) is 13.0 Å². The molecule has 4 heteroatoms. The Bertz CT molecular complexity index is 507. The van der Waals surface area contributed by atoms with E-state index in [1.54, 1.807) is 17.4 Å². The molecule has 1 atom stereocenters. The summed E-state index contributed by atoms with van der Waals surface area (Å²) in [6.07, 6.45) is 0. The number of hydrogen-bond acceptors (Lipinski definition) is 2. The molecule has 0 aliphatic carbocycles. The first-order valence-electron chi connectivity index (χ1n) is 4.86. The fourth-order valence-corrected chi connectivity index (χ4v) is 3.14. The molecule has 0 radical (unpaired) electrons. The molecule has 84 valence electrons. The third kappa shape index (κ3) is 2.19. The van der Waals surface area contributed by atoms with Crippen LogP contribution in [0.15, 0.2) is 33.4 Å². The highest BCUT2D eigenvalue weighted by molar-refractivity contribution is 9.10. The topological polar surface area (TPSA) is 26.0 Å². The first-order chi connectivity index (χ1) is 7.59. The van der Waals surface area contributed by atoms with Gasteiger partial charge in [-0.1, -0.05) is 6.07 Å². The average molecular weight is 300 g/mol. The van der Waals surface area contributed by atoms with E-state index in [2.05, 4.69) is 15.9 Å². The summed E-state index contributed by atoms with van der Waals surface area (Å²) in [5, 5.41) is 3.97. The molecule has 1 aromatic carbocycles. The van der Waals surface area contributed by atoms with E-state index in [4.69, 9.17) is 5.73 Å². The molecule has 0 saturated carbocycles. The van der Waals surface area contributed by atoms with Crippen LogP contribution in [0.4, 0.5) is 4.39 Å². The Morgan fingerprint density at radius 2 is 2.06 bits per heavy atom. The predicted molar refractivity (Wildman–Crippen MR) is 70.0 cm³/mol. The van der Waals surface area contributed by atoms with Gasteiger partial charge in [0, 0.05) is 21.5 Å². The number of thiophene rings is 1. The van der Waals surface area contributed by atoms with Gasteiger partial charge in [-0.05, 0) is 51.5 Å². The second-order valence-electron chi connectivity index (χ2n) is 3.65. The Kier molecular flexibility index (Phi) is 3.42. The Hall–Kier alpha value is -0.710. The lowest BCUT2D eigenvalue weighted by atomic mass is 9.98. The molecule has 0 aliphatic heterocycles. The predicted octanol–water partition coefficient (Wildman–Crippen LogP) is 4.34. The number of benzene rings is 1. The lowest BCUT2D eigenvalue weighted by Gasteiger charge is -2.12. The molecule has 16 heavy (non-hydrogen) atoms. The van der Waals surface area contributed by atoms with Crippen LogP contribution < -0.4 is 5.73 Å². The zero-order valence-corrected chi connectivity index (χ0v) is 11.1. The zero-order valence-electron chi connectivity index (χ0n) is 8.71. The first kappa shape index (κ1) is 11.8. The largest absolute Gasteiger partial charge is 0.324 e. The van der Waals surface area contributed by atoms with E-state index in [-0.39, 0.29) is 11.9 Å². The van der Waals surface area contributed by atoms with Crippen molar-refractivity contribution in [2.75, 3.05) is 0 Å². The monoisotopic (exact) mass is 299 g/mol. The van der Waals surface area contributed by atoms with Gasteiger partial charge in [-0.15, -0.1) is 0 Å². The maximum absolute atomic E-state index is 13.3. The lowest BCUT2D eigenvalue weighted by molar-refractivity contribution is 0.626. The van der Waals surface area contributed by atoms with E-state index in [1.807, 2.05) is 17.7 Å². The molecule has 2 aromatic rings. The van der Waals surface area contributed by atoms with Crippen LogP contribution in [0.1, 0.15) is 18.5 Å². The minimum absolute atomic E-state index is 0.109. The molecule has 0 saturated heterocycles. The highest BCUT2D eigenvalue weighted by Crippen LogP contribution is 2.35. The first-order valence-corrected chi connectivity index (χ1v) is 6.60. The number of halogens is 2. The number of rotatable bonds is 2. The van der Waals surface area contributed by atoms with Crippen LogP contribution in [0.3, 0.4) is 0 Å². The highest BCUT2D eigenvalue weighted by atomic mass is 79.9. The third-order valence-corrected chi connectivity index (χ3v) is 4.11. The fourth-order valence-electron chi connectivity index (χ4n) is 1.63. The van der Waals surface area contributed by atoms with Crippen LogP contribution in [-0.2, 0) is 0 Å². The van der Waals surface area contributed by atoms with Crippen molar-refractivity contribution in [2.24, 2.45) is 5.73 Å². The van der Waals surface area contributed by atoms with Crippen molar-refractivity contribution in [3.63, 3.8) is 0 Å². The van der Waals surface area contributed by atoms with Gasteiger partial charge in [-0.2, -0.15) is 11.3 Å². The van der Waals surface area contributed by atoms with Crippen molar-refractivity contribution in [1.82, 2.24) is 0 Å². The molecule has 0 spiro atoms. The summed E-state index contributed by atoms with van der Waals surface area (Å²) in [7, 11) is 0. The average Bonchev–Trinajstić information content (AvgIpc) is 2.63. The lowest BCUT2D eigenvalue weighted by Crippen LogP contribution is -2.06. The summed E-state index contributed by atoms with van der Waals surface area (Å²) in [6.45, 7) is 1.90. The highest BCUT2D eigenvalue weighted by Gasteiger charge is 2.12. The van der Waals surface area contributed by atoms with E-state index >= 15 is 0 Å². The maximum Gasteiger partial charge on any atom is 0.123 e. The summed E-state index contributed by atoms with van der Waals surface area (Å²) in [5.41, 5.74) is 8.71. The molecule has 1 aromatic heterocycles. The van der Waals surface area contributed by atoms with Gasteiger partial charge >= 0.3 is 0 Å². The molecule has 1 heterocycles. The molecule has 0 aliphatic rings. The summed E-state index contributed by atoms with van der Waals surface area (Å²) < 4.78 is 14.3. The molecule has 2 rings (SSSR count). The van der Waals surface area contributed by atoms with E-state index in [1.165, 1.54) is 12.1 Å². The smallest absolute Gasteiger partial charge is 0.123 e. The normalized spacial score (nSPS) is 12.8. The van der Waals surface area contributed by atoms with Gasteiger partial charge in [0.1, 0.15) is 5.82 Å². The van der Waals surface area contributed by atoms with E-state index in [0.29, 0.717) is 0 Å². The molecule has 2 N–H and O–H groups in total. The van der Waals surface area contributed by atoms with Crippen LogP contribution in [0.2, 0.25) is 0 Å². The summed E-state index contributed by atoms with van der Waals surface area (Å²) >= 11 is 5.04. The van der Waals surface area contributed by atoms with Crippen molar-refractivity contribution >= 4 is 27.3 Å². The van der Waals surface area contributed by atoms with E-state index in [9.17, 15) is 4.39 Å².